The van der Waals surface area contributed by atoms with E-state index < -0.39 is 35.7 Å². The van der Waals surface area contributed by atoms with Gasteiger partial charge in [-0.3, -0.25) is 19.2 Å². The highest BCUT2D eigenvalue weighted by molar-refractivity contribution is 7.09. The Morgan fingerprint density at radius 3 is 2.58 bits per heavy atom. The molecule has 3 N–H and O–H groups in total. The second-order valence-electron chi connectivity index (χ2n) is 11.8. The first kappa shape index (κ1) is 32.8. The van der Waals surface area contributed by atoms with E-state index in [-0.39, 0.29) is 48.6 Å². The molecule has 48 heavy (non-hydrogen) atoms. The van der Waals surface area contributed by atoms with Crippen LogP contribution in [0.2, 0.25) is 0 Å². The minimum absolute atomic E-state index is 0.00185. The topological polar surface area (TPSA) is 185 Å². The summed E-state index contributed by atoms with van der Waals surface area (Å²) in [7, 11) is 0. The lowest BCUT2D eigenvalue weighted by Gasteiger charge is -2.26. The molecule has 4 aromatic rings. The maximum Gasteiger partial charge on any atom is 0.293 e. The van der Waals surface area contributed by atoms with Gasteiger partial charge >= 0.3 is 0 Å². The normalized spacial score (nSPS) is 19.7. The lowest BCUT2D eigenvalue weighted by molar-refractivity contribution is -0.122. The SMILES string of the molecule is CC(C)[C@@H]1NC(=O)CN(C(=O)c2cc(N3CCOCC3)no2)CCNC(=O)c2coc(n2)[C@H](Cc2ccccc2)NC(=O)c2csc1n2. The number of ether oxygens (including phenoxy) is 1. The second kappa shape index (κ2) is 14.8. The first-order chi connectivity index (χ1) is 23.2. The lowest BCUT2D eigenvalue weighted by atomic mass is 10.0. The summed E-state index contributed by atoms with van der Waals surface area (Å²) in [6, 6.07) is 9.80. The lowest BCUT2D eigenvalue weighted by Crippen LogP contribution is -2.45. The predicted molar refractivity (Wildman–Crippen MR) is 172 cm³/mol. The number of rotatable bonds is 5. The number of hydrogen-bond acceptors (Lipinski definition) is 12. The van der Waals surface area contributed by atoms with E-state index in [9.17, 15) is 19.2 Å². The third kappa shape index (κ3) is 7.71. The number of carbonyl (C=O) groups is 4. The van der Waals surface area contributed by atoms with Gasteiger partial charge in [0.15, 0.2) is 11.5 Å². The smallest absolute Gasteiger partial charge is 0.293 e. The molecule has 3 aromatic heterocycles. The van der Waals surface area contributed by atoms with Crippen LogP contribution in [0.5, 0.6) is 0 Å². The van der Waals surface area contributed by atoms with Crippen LogP contribution < -0.4 is 20.9 Å². The van der Waals surface area contributed by atoms with E-state index in [0.717, 1.165) is 5.56 Å². The van der Waals surface area contributed by atoms with Crippen LogP contribution in [0.3, 0.4) is 0 Å². The third-order valence-electron chi connectivity index (χ3n) is 7.98. The number of benzene rings is 1. The Bertz CT molecular complexity index is 1750. The number of morpholine rings is 1. The molecule has 15 nitrogen and oxygen atoms in total. The quantitative estimate of drug-likeness (QED) is 0.282. The molecule has 2 aliphatic rings. The Labute approximate surface area is 280 Å². The Kier molecular flexibility index (Phi) is 10.1. The number of oxazole rings is 1. The number of nitrogens with zero attached hydrogens (tertiary/aromatic N) is 5. The summed E-state index contributed by atoms with van der Waals surface area (Å²) in [6.07, 6.45) is 1.57. The molecule has 1 fully saturated rings. The summed E-state index contributed by atoms with van der Waals surface area (Å²) in [5.41, 5.74) is 1.08. The molecule has 0 radical (unpaired) electrons. The van der Waals surface area contributed by atoms with E-state index in [0.29, 0.717) is 43.5 Å². The van der Waals surface area contributed by atoms with Gasteiger partial charge < -0.3 is 39.4 Å². The van der Waals surface area contributed by atoms with Gasteiger partial charge in [-0.15, -0.1) is 11.3 Å². The van der Waals surface area contributed by atoms with Crippen molar-refractivity contribution in [3.05, 3.63) is 81.7 Å². The molecule has 0 unspecified atom stereocenters. The largest absolute Gasteiger partial charge is 0.446 e. The molecule has 1 aromatic carbocycles. The second-order valence-corrected chi connectivity index (χ2v) is 12.7. The standard InChI is InChI=1S/C32H36N8O7S/c1-19(2)27-31-36-23(18-48-31)29(43)34-21(14-20-6-4-3-5-7-20)30-35-22(17-46-30)28(42)33-8-9-40(16-26(41)37-27)32(44)24-15-25(38-47-24)39-10-12-45-13-11-39/h3-7,15,17-19,21,27H,8-14,16H2,1-2H3,(H,33,42)(H,34,43)(H,37,41)/t21-,27-/m0/s1. The van der Waals surface area contributed by atoms with Crippen LogP contribution in [0, 0.1) is 5.92 Å². The van der Waals surface area contributed by atoms with Crippen molar-refractivity contribution in [2.45, 2.75) is 32.4 Å². The number of hydrogen-bond donors (Lipinski definition) is 3. The van der Waals surface area contributed by atoms with Crippen molar-refractivity contribution in [1.82, 2.24) is 36.0 Å². The monoisotopic (exact) mass is 676 g/mol. The zero-order chi connectivity index (χ0) is 33.6. The molecule has 4 bridgehead atoms. The van der Waals surface area contributed by atoms with Gasteiger partial charge in [0.2, 0.25) is 17.6 Å². The summed E-state index contributed by atoms with van der Waals surface area (Å²) in [5, 5.41) is 14.9. The van der Waals surface area contributed by atoms with Crippen molar-refractivity contribution in [2.24, 2.45) is 5.92 Å². The Morgan fingerprint density at radius 2 is 1.81 bits per heavy atom. The number of fused-ring (bicyclic) bond motifs is 4. The molecule has 5 heterocycles. The van der Waals surface area contributed by atoms with Crippen molar-refractivity contribution in [3.63, 3.8) is 0 Å². The van der Waals surface area contributed by atoms with Gasteiger partial charge in [-0.2, -0.15) is 0 Å². The summed E-state index contributed by atoms with van der Waals surface area (Å²) in [6.45, 7) is 5.77. The highest BCUT2D eigenvalue weighted by Crippen LogP contribution is 2.26. The van der Waals surface area contributed by atoms with E-state index in [2.05, 4.69) is 31.1 Å². The molecule has 16 heteroatoms. The zero-order valence-corrected chi connectivity index (χ0v) is 27.3. The third-order valence-corrected chi connectivity index (χ3v) is 8.90. The van der Waals surface area contributed by atoms with Crippen LogP contribution in [0.4, 0.5) is 5.82 Å². The highest BCUT2D eigenvalue weighted by Gasteiger charge is 2.30. The number of aromatic nitrogens is 3. The fourth-order valence-electron chi connectivity index (χ4n) is 5.39. The molecule has 1 saturated heterocycles. The van der Waals surface area contributed by atoms with Crippen LogP contribution in [-0.2, 0) is 16.0 Å². The molecular weight excluding hydrogens is 640 g/mol. The van der Waals surface area contributed by atoms with Crippen LogP contribution in [-0.4, -0.2) is 89.6 Å². The van der Waals surface area contributed by atoms with E-state index in [1.807, 2.05) is 49.1 Å². The number of carbonyl (C=O) groups excluding carboxylic acids is 4. The van der Waals surface area contributed by atoms with Crippen molar-refractivity contribution < 1.29 is 32.9 Å². The number of nitrogens with one attached hydrogen (secondary N) is 3. The fourth-order valence-corrected chi connectivity index (χ4v) is 6.41. The maximum absolute atomic E-state index is 13.7. The average molecular weight is 677 g/mol. The van der Waals surface area contributed by atoms with Gasteiger partial charge in [0, 0.05) is 44.0 Å². The van der Waals surface area contributed by atoms with E-state index in [1.54, 1.807) is 5.38 Å². The first-order valence-electron chi connectivity index (χ1n) is 15.7. The highest BCUT2D eigenvalue weighted by atomic mass is 32.1. The minimum atomic E-state index is -0.705. The molecule has 0 saturated carbocycles. The fraction of sp³-hybridized carbons (Fsp3) is 0.406. The molecular formula is C32H36N8O7S. The molecule has 4 amide bonds. The van der Waals surface area contributed by atoms with Gasteiger partial charge in [-0.05, 0) is 11.5 Å². The Morgan fingerprint density at radius 1 is 1.02 bits per heavy atom. The molecule has 2 aliphatic heterocycles. The molecule has 6 rings (SSSR count). The van der Waals surface area contributed by atoms with Gasteiger partial charge in [0.25, 0.3) is 17.7 Å². The van der Waals surface area contributed by atoms with E-state index in [1.165, 1.54) is 28.6 Å². The van der Waals surface area contributed by atoms with Gasteiger partial charge in [-0.25, -0.2) is 9.97 Å². The van der Waals surface area contributed by atoms with Gasteiger partial charge in [-0.1, -0.05) is 49.3 Å². The van der Waals surface area contributed by atoms with E-state index in [4.69, 9.17) is 13.7 Å². The Balaban J connectivity index is 1.28. The predicted octanol–water partition coefficient (Wildman–Crippen LogP) is 2.37. The van der Waals surface area contributed by atoms with E-state index >= 15 is 0 Å². The van der Waals surface area contributed by atoms with Crippen LogP contribution in [0.1, 0.15) is 73.9 Å². The molecule has 252 valence electrons. The van der Waals surface area contributed by atoms with Gasteiger partial charge in [0.1, 0.15) is 29.6 Å². The minimum Gasteiger partial charge on any atom is -0.446 e. The molecule has 0 spiro atoms. The maximum atomic E-state index is 13.7. The number of amides is 4. The summed E-state index contributed by atoms with van der Waals surface area (Å²) < 4.78 is 16.5. The zero-order valence-electron chi connectivity index (χ0n) is 26.5. The number of thiazole rings is 1. The Hall–Kier alpha value is -5.09. The summed E-state index contributed by atoms with van der Waals surface area (Å²) >= 11 is 1.25. The van der Waals surface area contributed by atoms with Crippen molar-refractivity contribution in [1.29, 1.82) is 0 Å². The van der Waals surface area contributed by atoms with Crippen molar-refractivity contribution >= 4 is 40.8 Å². The average Bonchev–Trinajstić information content (AvgIpc) is 3.88. The molecule has 0 aliphatic carbocycles. The summed E-state index contributed by atoms with van der Waals surface area (Å²) in [5.74, 6) is -1.51. The molecule has 2 atom stereocenters. The van der Waals surface area contributed by atoms with Crippen LogP contribution in [0.15, 0.2) is 57.0 Å². The van der Waals surface area contributed by atoms with Gasteiger partial charge in [0.05, 0.1) is 19.3 Å². The van der Waals surface area contributed by atoms with Crippen molar-refractivity contribution in [2.75, 3.05) is 50.8 Å². The van der Waals surface area contributed by atoms with Crippen molar-refractivity contribution in [3.8, 4) is 0 Å². The number of anilines is 1. The van der Waals surface area contributed by atoms with Crippen LogP contribution in [0.25, 0.3) is 0 Å². The first-order valence-corrected chi connectivity index (χ1v) is 16.5. The summed E-state index contributed by atoms with van der Waals surface area (Å²) in [4.78, 5) is 65.8. The van der Waals surface area contributed by atoms with Crippen LogP contribution >= 0.6 is 11.3 Å².